The first-order chi connectivity index (χ1) is 12.1. The summed E-state index contributed by atoms with van der Waals surface area (Å²) in [5.41, 5.74) is 0.364. The number of hydrogen-bond donors (Lipinski definition) is 1. The number of carbonyl (C=O) groups is 2. The number of rotatable bonds is 3. The van der Waals surface area contributed by atoms with Crippen molar-refractivity contribution >= 4 is 17.6 Å². The van der Waals surface area contributed by atoms with Crippen molar-refractivity contribution in [3.05, 3.63) is 17.8 Å². The quantitative estimate of drug-likeness (QED) is 0.847. The van der Waals surface area contributed by atoms with Crippen LogP contribution in [-0.4, -0.2) is 64.0 Å². The molecule has 3 rings (SSSR count). The summed E-state index contributed by atoms with van der Waals surface area (Å²) in [4.78, 5) is 27.4. The molecule has 1 aromatic rings. The number of carbonyl (C=O) groups excluding carboxylic acids is 2. The minimum atomic E-state index is -0.114. The van der Waals surface area contributed by atoms with Gasteiger partial charge in [0.05, 0.1) is 0 Å². The average Bonchev–Trinajstić information content (AvgIpc) is 2.90. The van der Waals surface area contributed by atoms with Gasteiger partial charge in [0.2, 0.25) is 5.91 Å². The zero-order valence-electron chi connectivity index (χ0n) is 14.9. The number of nitrogens with one attached hydrogen (secondary N) is 1. The van der Waals surface area contributed by atoms with Gasteiger partial charge in [0.15, 0.2) is 5.69 Å². The lowest BCUT2D eigenvalue weighted by Crippen LogP contribution is -2.50. The van der Waals surface area contributed by atoms with E-state index < -0.39 is 0 Å². The van der Waals surface area contributed by atoms with Crippen molar-refractivity contribution in [1.29, 1.82) is 0 Å². The van der Waals surface area contributed by atoms with Crippen molar-refractivity contribution in [1.82, 2.24) is 20.0 Å². The van der Waals surface area contributed by atoms with Crippen LogP contribution in [0.15, 0.2) is 12.1 Å². The van der Waals surface area contributed by atoms with E-state index in [0.717, 1.165) is 5.82 Å². The van der Waals surface area contributed by atoms with E-state index in [2.05, 4.69) is 15.5 Å². The third-order valence-electron chi connectivity index (χ3n) is 5.10. The fourth-order valence-electron chi connectivity index (χ4n) is 3.54. The largest absolute Gasteiger partial charge is 0.366 e. The molecule has 2 aliphatic rings. The molecule has 0 atom stereocenters. The Bertz CT molecular complexity index is 588. The maximum absolute atomic E-state index is 12.5. The highest BCUT2D eigenvalue weighted by atomic mass is 16.2. The SMILES string of the molecule is CC(=O)N1CCN(C(=O)c2ccc(NC3CCCCCC3)nn2)CC1. The van der Waals surface area contributed by atoms with Crippen LogP contribution in [0.3, 0.4) is 0 Å². The van der Waals surface area contributed by atoms with Gasteiger partial charge in [-0.05, 0) is 25.0 Å². The third-order valence-corrected chi connectivity index (χ3v) is 5.10. The summed E-state index contributed by atoms with van der Waals surface area (Å²) in [6, 6.07) is 4.04. The highest BCUT2D eigenvalue weighted by Crippen LogP contribution is 2.20. The first-order valence-electron chi connectivity index (χ1n) is 9.28. The van der Waals surface area contributed by atoms with E-state index >= 15 is 0 Å². The zero-order valence-corrected chi connectivity index (χ0v) is 14.9. The molecule has 1 aliphatic carbocycles. The molecule has 0 bridgehead atoms. The molecule has 1 saturated heterocycles. The van der Waals surface area contributed by atoms with Gasteiger partial charge < -0.3 is 15.1 Å². The lowest BCUT2D eigenvalue weighted by atomic mass is 10.1. The number of anilines is 1. The Kier molecular flexibility index (Phi) is 5.83. The molecule has 2 heterocycles. The second-order valence-electron chi connectivity index (χ2n) is 6.93. The van der Waals surface area contributed by atoms with Gasteiger partial charge in [-0.3, -0.25) is 9.59 Å². The van der Waals surface area contributed by atoms with Crippen LogP contribution in [0.5, 0.6) is 0 Å². The van der Waals surface area contributed by atoms with Crippen molar-refractivity contribution in [3.8, 4) is 0 Å². The maximum atomic E-state index is 12.5. The summed E-state index contributed by atoms with van der Waals surface area (Å²) < 4.78 is 0. The Balaban J connectivity index is 1.54. The summed E-state index contributed by atoms with van der Waals surface area (Å²) in [6.45, 7) is 3.80. The van der Waals surface area contributed by atoms with Gasteiger partial charge in [-0.25, -0.2) is 0 Å². The molecule has 1 N–H and O–H groups in total. The summed E-state index contributed by atoms with van der Waals surface area (Å²) in [5.74, 6) is 0.683. The predicted molar refractivity (Wildman–Crippen MR) is 95.3 cm³/mol. The molecule has 0 spiro atoms. The zero-order chi connectivity index (χ0) is 17.6. The van der Waals surface area contributed by atoms with Crippen LogP contribution >= 0.6 is 0 Å². The van der Waals surface area contributed by atoms with E-state index in [0.29, 0.717) is 37.9 Å². The first-order valence-corrected chi connectivity index (χ1v) is 9.28. The molecule has 1 saturated carbocycles. The number of nitrogens with zero attached hydrogens (tertiary/aromatic N) is 4. The van der Waals surface area contributed by atoms with Gasteiger partial charge in [0.1, 0.15) is 5.82 Å². The second-order valence-corrected chi connectivity index (χ2v) is 6.93. The fraction of sp³-hybridized carbons (Fsp3) is 0.667. The van der Waals surface area contributed by atoms with Gasteiger partial charge in [0.25, 0.3) is 5.91 Å². The molecule has 7 heteroatoms. The average molecular weight is 345 g/mol. The van der Waals surface area contributed by atoms with Gasteiger partial charge in [-0.1, -0.05) is 25.7 Å². The van der Waals surface area contributed by atoms with Gasteiger partial charge in [0, 0.05) is 39.1 Å². The molecule has 25 heavy (non-hydrogen) atoms. The van der Waals surface area contributed by atoms with Crippen LogP contribution in [0, 0.1) is 0 Å². The fourth-order valence-corrected chi connectivity index (χ4v) is 3.54. The minimum absolute atomic E-state index is 0.0563. The number of hydrogen-bond acceptors (Lipinski definition) is 5. The molecule has 136 valence electrons. The van der Waals surface area contributed by atoms with Crippen LogP contribution in [0.1, 0.15) is 55.9 Å². The molecule has 2 amide bonds. The van der Waals surface area contributed by atoms with E-state index in [4.69, 9.17) is 0 Å². The number of piperazine rings is 1. The Morgan fingerprint density at radius 1 is 0.960 bits per heavy atom. The van der Waals surface area contributed by atoms with Crippen LogP contribution in [0.4, 0.5) is 5.82 Å². The predicted octanol–water partition coefficient (Wildman–Crippen LogP) is 1.92. The summed E-state index contributed by atoms with van der Waals surface area (Å²) >= 11 is 0. The van der Waals surface area contributed by atoms with E-state index in [9.17, 15) is 9.59 Å². The van der Waals surface area contributed by atoms with Crippen LogP contribution in [-0.2, 0) is 4.79 Å². The molecule has 1 aliphatic heterocycles. The van der Waals surface area contributed by atoms with Crippen molar-refractivity contribution in [2.75, 3.05) is 31.5 Å². The Morgan fingerprint density at radius 2 is 1.60 bits per heavy atom. The lowest BCUT2D eigenvalue weighted by Gasteiger charge is -2.33. The topological polar surface area (TPSA) is 78.4 Å². The third kappa shape index (κ3) is 4.67. The molecule has 0 aromatic carbocycles. The molecule has 0 radical (unpaired) electrons. The van der Waals surface area contributed by atoms with Crippen molar-refractivity contribution < 1.29 is 9.59 Å². The second kappa shape index (κ2) is 8.27. The normalized spacial score (nSPS) is 19.4. The van der Waals surface area contributed by atoms with Crippen LogP contribution < -0.4 is 5.32 Å². The van der Waals surface area contributed by atoms with E-state index in [1.807, 2.05) is 6.07 Å². The van der Waals surface area contributed by atoms with Gasteiger partial charge >= 0.3 is 0 Å². The molecule has 0 unspecified atom stereocenters. The Morgan fingerprint density at radius 3 is 2.16 bits per heavy atom. The summed E-state index contributed by atoms with van der Waals surface area (Å²) in [7, 11) is 0. The lowest BCUT2D eigenvalue weighted by molar-refractivity contribution is -0.130. The van der Waals surface area contributed by atoms with E-state index in [1.54, 1.807) is 22.8 Å². The Labute approximate surface area is 148 Å². The standard InChI is InChI=1S/C18H27N5O2/c1-14(24)22-10-12-23(13-11-22)18(25)16-8-9-17(21-20-16)19-15-6-4-2-3-5-7-15/h8-9,15H,2-7,10-13H2,1H3,(H,19,21). The highest BCUT2D eigenvalue weighted by molar-refractivity contribution is 5.92. The Hall–Kier alpha value is -2.18. The number of amides is 2. The van der Waals surface area contributed by atoms with Crippen molar-refractivity contribution in [2.45, 2.75) is 51.5 Å². The highest BCUT2D eigenvalue weighted by Gasteiger charge is 2.24. The summed E-state index contributed by atoms with van der Waals surface area (Å²) in [5, 5.41) is 11.7. The van der Waals surface area contributed by atoms with Crippen LogP contribution in [0.25, 0.3) is 0 Å². The van der Waals surface area contributed by atoms with E-state index in [1.165, 1.54) is 38.5 Å². The van der Waals surface area contributed by atoms with Crippen LogP contribution in [0.2, 0.25) is 0 Å². The minimum Gasteiger partial charge on any atom is -0.366 e. The van der Waals surface area contributed by atoms with E-state index in [-0.39, 0.29) is 11.8 Å². The molecule has 7 nitrogen and oxygen atoms in total. The van der Waals surface area contributed by atoms with Gasteiger partial charge in [-0.15, -0.1) is 10.2 Å². The summed E-state index contributed by atoms with van der Waals surface area (Å²) in [6.07, 6.45) is 7.48. The smallest absolute Gasteiger partial charge is 0.274 e. The molecule has 2 fully saturated rings. The maximum Gasteiger partial charge on any atom is 0.274 e. The number of aromatic nitrogens is 2. The monoisotopic (exact) mass is 345 g/mol. The first kappa shape index (κ1) is 17.6. The van der Waals surface area contributed by atoms with Crippen molar-refractivity contribution in [3.63, 3.8) is 0 Å². The molecular formula is C18H27N5O2. The van der Waals surface area contributed by atoms with Gasteiger partial charge in [-0.2, -0.15) is 0 Å². The molecule has 1 aromatic heterocycles. The molecular weight excluding hydrogens is 318 g/mol. The van der Waals surface area contributed by atoms with Crippen molar-refractivity contribution in [2.24, 2.45) is 0 Å².